The smallest absolute Gasteiger partial charge is 0.306 e. The largest absolute Gasteiger partial charge is 0.462 e. The van der Waals surface area contributed by atoms with Crippen molar-refractivity contribution in [2.24, 2.45) is 10.8 Å². The Balaban J connectivity index is 1.74. The Morgan fingerprint density at radius 1 is 0.434 bits per heavy atom. The first-order valence-electron chi connectivity index (χ1n) is 30.6. The van der Waals surface area contributed by atoms with E-state index in [1.54, 1.807) is 0 Å². The third-order valence-electron chi connectivity index (χ3n) is 15.1. The maximum Gasteiger partial charge on any atom is 0.306 e. The zero-order valence-electron chi connectivity index (χ0n) is 51.0. The molecule has 2 unspecified atom stereocenters. The number of carbonyl (C=O) groups is 2. The van der Waals surface area contributed by atoms with Crippen LogP contribution >= 0.6 is 0 Å². The summed E-state index contributed by atoms with van der Waals surface area (Å²) in [7, 11) is 0. The van der Waals surface area contributed by atoms with E-state index in [0.717, 1.165) is 51.4 Å². The van der Waals surface area contributed by atoms with E-state index in [0.29, 0.717) is 12.8 Å². The molecular formula is C72H112O4. The van der Waals surface area contributed by atoms with Crippen molar-refractivity contribution in [3.05, 3.63) is 154 Å². The molecule has 0 heterocycles. The second kappa shape index (κ2) is 40.7. The molecule has 0 spiro atoms. The lowest BCUT2D eigenvalue weighted by Crippen LogP contribution is -2.31. The van der Waals surface area contributed by atoms with Crippen LogP contribution in [0, 0.1) is 10.8 Å². The van der Waals surface area contributed by atoms with Crippen molar-refractivity contribution in [1.29, 1.82) is 0 Å². The molecule has 2 rings (SSSR count). The summed E-state index contributed by atoms with van der Waals surface area (Å²) in [6.07, 6.45) is 70.8. The number of rotatable bonds is 38. The molecule has 0 saturated carbocycles. The lowest BCUT2D eigenvalue weighted by Gasteiger charge is -2.37. The topological polar surface area (TPSA) is 52.6 Å². The van der Waals surface area contributed by atoms with Gasteiger partial charge in [-0.1, -0.05) is 261 Å². The molecule has 0 aromatic carbocycles. The number of esters is 2. The molecule has 2 aliphatic carbocycles. The van der Waals surface area contributed by atoms with Gasteiger partial charge in [0.05, 0.1) is 0 Å². The van der Waals surface area contributed by atoms with Crippen molar-refractivity contribution in [2.75, 3.05) is 0 Å². The van der Waals surface area contributed by atoms with Gasteiger partial charge in [-0.2, -0.15) is 0 Å². The first kappa shape index (κ1) is 67.7. The maximum absolute atomic E-state index is 12.8. The Morgan fingerprint density at radius 2 is 0.737 bits per heavy atom. The van der Waals surface area contributed by atoms with E-state index in [-0.39, 0.29) is 35.0 Å². The second-order valence-electron chi connectivity index (χ2n) is 23.9. The van der Waals surface area contributed by atoms with E-state index in [2.05, 4.69) is 192 Å². The molecule has 0 bridgehead atoms. The van der Waals surface area contributed by atoms with Gasteiger partial charge in [0.2, 0.25) is 0 Å². The average Bonchev–Trinajstić information content (AvgIpc) is 3.34. The predicted octanol–water partition coefficient (Wildman–Crippen LogP) is 22.2. The van der Waals surface area contributed by atoms with Gasteiger partial charge < -0.3 is 9.47 Å². The molecule has 0 aromatic heterocycles. The Hall–Kier alpha value is -4.44. The zero-order valence-corrected chi connectivity index (χ0v) is 51.0. The lowest BCUT2D eigenvalue weighted by atomic mass is 9.71. The van der Waals surface area contributed by atoms with Gasteiger partial charge in [0.15, 0.2) is 0 Å². The second-order valence-corrected chi connectivity index (χ2v) is 23.9. The molecular weight excluding hydrogens is 929 g/mol. The van der Waals surface area contributed by atoms with Crippen LogP contribution in [0.2, 0.25) is 0 Å². The van der Waals surface area contributed by atoms with Crippen LogP contribution in [0.25, 0.3) is 0 Å². The van der Waals surface area contributed by atoms with Crippen molar-refractivity contribution in [3.8, 4) is 0 Å². The predicted molar refractivity (Wildman–Crippen MR) is 332 cm³/mol. The van der Waals surface area contributed by atoms with Gasteiger partial charge in [-0.25, -0.2) is 0 Å². The number of unbranched alkanes of at least 4 members (excludes halogenated alkanes) is 18. The van der Waals surface area contributed by atoms with E-state index < -0.39 is 0 Å². The van der Waals surface area contributed by atoms with E-state index >= 15 is 0 Å². The van der Waals surface area contributed by atoms with Crippen molar-refractivity contribution in [1.82, 2.24) is 0 Å². The molecule has 4 nitrogen and oxygen atoms in total. The van der Waals surface area contributed by atoms with Crippen LogP contribution in [0.15, 0.2) is 154 Å². The van der Waals surface area contributed by atoms with Crippen molar-refractivity contribution >= 4 is 11.9 Å². The fourth-order valence-corrected chi connectivity index (χ4v) is 10.7. The highest BCUT2D eigenvalue weighted by Gasteiger charge is 2.35. The zero-order chi connectivity index (χ0) is 55.9. The first-order chi connectivity index (χ1) is 36.5. The summed E-state index contributed by atoms with van der Waals surface area (Å²) in [5.74, 6) is -0.0741. The molecule has 0 aromatic rings. The molecule has 2 aliphatic rings. The monoisotopic (exact) mass is 1040 g/mol. The molecule has 0 N–H and O–H groups in total. The normalized spacial score (nSPS) is 19.2. The van der Waals surface area contributed by atoms with E-state index in [9.17, 15) is 9.59 Å². The lowest BCUT2D eigenvalue weighted by molar-refractivity contribution is -0.151. The third-order valence-corrected chi connectivity index (χ3v) is 15.1. The summed E-state index contributed by atoms with van der Waals surface area (Å²) in [4.78, 5) is 25.6. The number of ether oxygens (including phenoxy) is 2. The van der Waals surface area contributed by atoms with Crippen LogP contribution in [-0.4, -0.2) is 24.1 Å². The van der Waals surface area contributed by atoms with Crippen LogP contribution < -0.4 is 0 Å². The number of carbonyl (C=O) groups excluding carboxylic acids is 2. The summed E-state index contributed by atoms with van der Waals surface area (Å²) in [6.45, 7) is 26.5. The third kappa shape index (κ3) is 32.3. The van der Waals surface area contributed by atoms with Crippen LogP contribution in [0.4, 0.5) is 0 Å². The number of hydrogen-bond acceptors (Lipinski definition) is 4. The minimum Gasteiger partial charge on any atom is -0.462 e. The van der Waals surface area contributed by atoms with Crippen molar-refractivity contribution in [2.45, 2.75) is 275 Å². The summed E-state index contributed by atoms with van der Waals surface area (Å²) < 4.78 is 12.1. The van der Waals surface area contributed by atoms with Gasteiger partial charge in [-0.3, -0.25) is 9.59 Å². The molecule has 424 valence electrons. The van der Waals surface area contributed by atoms with E-state index in [1.807, 2.05) is 0 Å². The van der Waals surface area contributed by atoms with Crippen LogP contribution in [0.1, 0.15) is 263 Å². The molecule has 0 fully saturated rings. The summed E-state index contributed by atoms with van der Waals surface area (Å²) in [5.41, 5.74) is 9.93. The van der Waals surface area contributed by atoms with Gasteiger partial charge in [-0.05, 0) is 141 Å². The first-order valence-corrected chi connectivity index (χ1v) is 30.6. The van der Waals surface area contributed by atoms with Crippen LogP contribution in [0.3, 0.4) is 0 Å². The summed E-state index contributed by atoms with van der Waals surface area (Å²) in [5, 5.41) is 0. The Morgan fingerprint density at radius 3 is 1.08 bits per heavy atom. The maximum atomic E-state index is 12.8. The van der Waals surface area contributed by atoms with Crippen LogP contribution in [-0.2, 0) is 19.1 Å². The molecule has 0 aliphatic heterocycles. The van der Waals surface area contributed by atoms with Gasteiger partial charge in [0.25, 0.3) is 0 Å². The molecule has 0 saturated heterocycles. The standard InChI is InChI=1S/C72H112O4/c1-13-15-17-19-21-23-25-27-29-31-33-35-37-49-69(73)75-65-55-63(7)67(71(9,10)57-65)53-51-61(5)47-41-45-59(3)43-39-40-44-60(4)46-42-48-62(6)52-54-68-64(8)56-66(58-72(68,11)12)76-70(74)50-38-36-34-32-30-28-26-24-22-20-18-16-14-2/h23-26,39-48,51-54,65-66H,13-22,27-38,49-50,55-58H2,1-12H3. The van der Waals surface area contributed by atoms with Gasteiger partial charge >= 0.3 is 11.9 Å². The fourth-order valence-electron chi connectivity index (χ4n) is 10.7. The van der Waals surface area contributed by atoms with Gasteiger partial charge in [-0.15, -0.1) is 0 Å². The molecule has 76 heavy (non-hydrogen) atoms. The minimum atomic E-state index is -0.0636. The van der Waals surface area contributed by atoms with Crippen molar-refractivity contribution in [3.63, 3.8) is 0 Å². The van der Waals surface area contributed by atoms with Crippen LogP contribution in [0.5, 0.6) is 0 Å². The Labute approximate surface area is 468 Å². The highest BCUT2D eigenvalue weighted by Crippen LogP contribution is 2.43. The van der Waals surface area contributed by atoms with Gasteiger partial charge in [0.1, 0.15) is 12.2 Å². The SMILES string of the molecule is CCCCCCC=CCCCCCCCC(=O)OC1CC(C)=C(C=CC(C)=CC=CC(C)=CC=CC=C(C)C=CC=C(C)C=CC2=C(C)CC(OC(=O)CCCCCCCC=CCCCCCC)CC2(C)C)C(C)(C)C1. The minimum absolute atomic E-state index is 0.0371. The quantitative estimate of drug-likeness (QED) is 0.0268. The average molecular weight is 1040 g/mol. The molecule has 4 heteroatoms. The number of hydrogen-bond donors (Lipinski definition) is 0. The number of allylic oxidation sites excluding steroid dienone is 24. The highest BCUT2D eigenvalue weighted by molar-refractivity contribution is 5.70. The van der Waals surface area contributed by atoms with E-state index in [4.69, 9.17) is 9.47 Å². The van der Waals surface area contributed by atoms with Gasteiger partial charge in [0, 0.05) is 25.7 Å². The summed E-state index contributed by atoms with van der Waals surface area (Å²) in [6, 6.07) is 0. The Kier molecular flexibility index (Phi) is 36.3. The molecule has 0 radical (unpaired) electrons. The molecule has 2 atom stereocenters. The highest BCUT2D eigenvalue weighted by atomic mass is 16.5. The Bertz CT molecular complexity index is 1940. The fraction of sp³-hybridized carbons (Fsp3) is 0.611. The molecule has 0 amide bonds. The summed E-state index contributed by atoms with van der Waals surface area (Å²) >= 11 is 0. The van der Waals surface area contributed by atoms with Crippen molar-refractivity contribution < 1.29 is 19.1 Å². The van der Waals surface area contributed by atoms with E-state index in [1.165, 1.54) is 160 Å².